The summed E-state index contributed by atoms with van der Waals surface area (Å²) in [5, 5.41) is 0. The molecule has 0 fully saturated rings. The van der Waals surface area contributed by atoms with Gasteiger partial charge in [0.1, 0.15) is 0 Å². The van der Waals surface area contributed by atoms with E-state index in [1.807, 2.05) is 0 Å². The van der Waals surface area contributed by atoms with Crippen LogP contribution in [0.4, 0.5) is 0 Å². The van der Waals surface area contributed by atoms with Crippen LogP contribution in [0.5, 0.6) is 0 Å². The Hall–Kier alpha value is -0.496. The molecule has 1 aliphatic carbocycles. The third kappa shape index (κ3) is 4.78. The predicted molar refractivity (Wildman–Crippen MR) is 84.7 cm³/mol. The van der Waals surface area contributed by atoms with Gasteiger partial charge >= 0.3 is 139 Å². The van der Waals surface area contributed by atoms with Gasteiger partial charge in [0.05, 0.1) is 0 Å². The summed E-state index contributed by atoms with van der Waals surface area (Å²) in [6, 6.07) is 21.8. The molecule has 0 aromatic heterocycles. The first kappa shape index (κ1) is 23.5. The molecule has 124 valence electrons. The minimum absolute atomic E-state index is 0. The van der Waals surface area contributed by atoms with Crippen LogP contribution in [0.25, 0.3) is 0 Å². The van der Waals surface area contributed by atoms with Crippen molar-refractivity contribution in [2.45, 2.75) is 26.2 Å². The minimum atomic E-state index is 0. The van der Waals surface area contributed by atoms with Gasteiger partial charge in [0, 0.05) is 0 Å². The standard InChI is InChI=1S/C20H19.3ClH.Ti/c1-15-13-14-19(16(15)2)20(17-9-5-3-6-10-17)18-11-7-4-8-12-18;;;;/h3-12,20H,14H2,1-2H3;3*1H;/q;;;;+3/p-3. The van der Waals surface area contributed by atoms with Crippen LogP contribution in [0.1, 0.15) is 37.3 Å². The molecule has 0 nitrogen and oxygen atoms in total. The van der Waals surface area contributed by atoms with Gasteiger partial charge in [-0.2, -0.15) is 0 Å². The predicted octanol–water partition coefficient (Wildman–Crippen LogP) is -3.63. The molecular weight excluding hydrogens is 394 g/mol. The normalized spacial score (nSPS) is 13.4. The van der Waals surface area contributed by atoms with Crippen molar-refractivity contribution in [2.75, 3.05) is 0 Å². The van der Waals surface area contributed by atoms with E-state index in [0.29, 0.717) is 5.92 Å². The summed E-state index contributed by atoms with van der Waals surface area (Å²) in [5.41, 5.74) is 7.29. The van der Waals surface area contributed by atoms with E-state index in [-0.39, 0.29) is 37.2 Å². The van der Waals surface area contributed by atoms with Crippen LogP contribution in [0.15, 0.2) is 81.3 Å². The topological polar surface area (TPSA) is 0 Å². The first-order valence-electron chi connectivity index (χ1n) is 7.39. The van der Waals surface area contributed by atoms with Crippen molar-refractivity contribution >= 4 is 0 Å². The Morgan fingerprint density at radius 3 is 1.46 bits per heavy atom. The van der Waals surface area contributed by atoms with Gasteiger partial charge in [-0.3, -0.25) is 0 Å². The summed E-state index contributed by atoms with van der Waals surface area (Å²) >= 11 is 2.26. The van der Waals surface area contributed by atoms with E-state index in [2.05, 4.69) is 94.9 Å². The summed E-state index contributed by atoms with van der Waals surface area (Å²) in [7, 11) is 0. The van der Waals surface area contributed by atoms with Crippen molar-refractivity contribution in [2.24, 2.45) is 0 Å². The zero-order valence-electron chi connectivity index (χ0n) is 13.7. The fourth-order valence-electron chi connectivity index (χ4n) is 3.13. The maximum Gasteiger partial charge on any atom is -1.00 e. The first-order chi connectivity index (χ1) is 10.2. The largest absolute Gasteiger partial charge is 1.00 e. The molecule has 24 heavy (non-hydrogen) atoms. The maximum absolute atomic E-state index is 2.28. The Morgan fingerprint density at radius 2 is 1.12 bits per heavy atom. The SMILES string of the molecule is CC1=[C]([Ti+3])CC(C(c2ccccc2)c2ccccc2)=C1C.[Cl-].[Cl-].[Cl-]. The molecule has 0 aliphatic heterocycles. The molecule has 0 radical (unpaired) electrons. The summed E-state index contributed by atoms with van der Waals surface area (Å²) in [6.45, 7) is 4.53. The molecule has 0 atom stereocenters. The third-order valence-electron chi connectivity index (χ3n) is 4.48. The molecular formula is C20H19Cl3Ti. The van der Waals surface area contributed by atoms with Crippen LogP contribution < -0.4 is 37.2 Å². The molecule has 0 amide bonds. The Balaban J connectivity index is 0.00000176. The van der Waals surface area contributed by atoms with E-state index in [1.54, 1.807) is 5.57 Å². The molecule has 0 unspecified atom stereocenters. The van der Waals surface area contributed by atoms with Crippen LogP contribution in [-0.2, 0) is 20.4 Å². The van der Waals surface area contributed by atoms with Gasteiger partial charge in [0.2, 0.25) is 0 Å². The van der Waals surface area contributed by atoms with Gasteiger partial charge in [0.15, 0.2) is 0 Å². The van der Waals surface area contributed by atoms with Crippen molar-refractivity contribution < 1.29 is 57.7 Å². The van der Waals surface area contributed by atoms with E-state index in [0.717, 1.165) is 6.42 Å². The van der Waals surface area contributed by atoms with Gasteiger partial charge in [-0.25, -0.2) is 0 Å². The molecule has 3 rings (SSSR count). The van der Waals surface area contributed by atoms with Crippen molar-refractivity contribution in [1.82, 2.24) is 0 Å². The Morgan fingerprint density at radius 1 is 0.708 bits per heavy atom. The number of hydrogen-bond acceptors (Lipinski definition) is 0. The fourth-order valence-corrected chi connectivity index (χ4v) is 3.72. The molecule has 2 aromatic rings. The number of rotatable bonds is 3. The molecule has 4 heteroatoms. The maximum atomic E-state index is 2.28. The second kappa shape index (κ2) is 10.5. The average Bonchev–Trinajstić information content (AvgIpc) is 2.78. The number of benzene rings is 2. The Labute approximate surface area is 175 Å². The zero-order chi connectivity index (χ0) is 14.8. The molecule has 0 spiro atoms. The second-order valence-corrected chi connectivity index (χ2v) is 6.63. The van der Waals surface area contributed by atoms with Gasteiger partial charge in [0.25, 0.3) is 0 Å². The molecule has 2 aromatic carbocycles. The Kier molecular flexibility index (Phi) is 10.3. The summed E-state index contributed by atoms with van der Waals surface area (Å²) in [4.78, 5) is 0. The van der Waals surface area contributed by atoms with E-state index in [9.17, 15) is 0 Å². The minimum Gasteiger partial charge on any atom is -1.00 e. The smallest absolute Gasteiger partial charge is 1.00 e. The molecule has 1 aliphatic rings. The number of allylic oxidation sites excluding steroid dienone is 4. The van der Waals surface area contributed by atoms with Crippen LogP contribution in [0.3, 0.4) is 0 Å². The van der Waals surface area contributed by atoms with Crippen LogP contribution in [-0.4, -0.2) is 0 Å². The van der Waals surface area contributed by atoms with E-state index < -0.39 is 0 Å². The van der Waals surface area contributed by atoms with E-state index in [4.69, 9.17) is 0 Å². The van der Waals surface area contributed by atoms with Crippen molar-refractivity contribution in [1.29, 1.82) is 0 Å². The molecule has 0 bridgehead atoms. The van der Waals surface area contributed by atoms with Crippen LogP contribution >= 0.6 is 0 Å². The summed E-state index contributed by atoms with van der Waals surface area (Å²) < 4.78 is 1.51. The van der Waals surface area contributed by atoms with E-state index >= 15 is 0 Å². The molecule has 0 saturated heterocycles. The van der Waals surface area contributed by atoms with E-state index in [1.165, 1.54) is 26.2 Å². The zero-order valence-corrected chi connectivity index (χ0v) is 17.5. The summed E-state index contributed by atoms with van der Waals surface area (Å²) in [5.74, 6) is 0.375. The van der Waals surface area contributed by atoms with Crippen molar-refractivity contribution in [3.63, 3.8) is 0 Å². The van der Waals surface area contributed by atoms with Crippen LogP contribution in [0, 0.1) is 0 Å². The van der Waals surface area contributed by atoms with Gasteiger partial charge in [-0.05, 0) is 0 Å². The average molecular weight is 414 g/mol. The van der Waals surface area contributed by atoms with Gasteiger partial charge in [-0.15, -0.1) is 0 Å². The second-order valence-electron chi connectivity index (χ2n) is 5.68. The molecule has 0 N–H and O–H groups in total. The van der Waals surface area contributed by atoms with Crippen LogP contribution in [0.2, 0.25) is 0 Å². The summed E-state index contributed by atoms with van der Waals surface area (Å²) in [6.07, 6.45) is 1.10. The quantitative estimate of drug-likeness (QED) is 0.456. The molecule has 0 heterocycles. The van der Waals surface area contributed by atoms with Gasteiger partial charge < -0.3 is 37.2 Å². The monoisotopic (exact) mass is 412 g/mol. The third-order valence-corrected chi connectivity index (χ3v) is 5.34. The number of halogens is 3. The molecule has 0 saturated carbocycles. The Bertz CT molecular complexity index is 667. The van der Waals surface area contributed by atoms with Gasteiger partial charge in [-0.1, -0.05) is 0 Å². The fraction of sp³-hybridized carbons (Fsp3) is 0.200. The van der Waals surface area contributed by atoms with Crippen molar-refractivity contribution in [3.05, 3.63) is 92.4 Å². The number of hydrogen-bond donors (Lipinski definition) is 0. The first-order valence-corrected chi connectivity index (χ1v) is 8.18. The van der Waals surface area contributed by atoms with Crippen molar-refractivity contribution in [3.8, 4) is 0 Å².